The van der Waals surface area contributed by atoms with E-state index in [1.807, 2.05) is 12.3 Å². The summed E-state index contributed by atoms with van der Waals surface area (Å²) in [5, 5.41) is 0. The number of halogens is 1. The van der Waals surface area contributed by atoms with Crippen LogP contribution in [0.5, 0.6) is 0 Å². The molecule has 1 aromatic rings. The third-order valence-electron chi connectivity index (χ3n) is 2.71. The fourth-order valence-electron chi connectivity index (χ4n) is 1.75. The number of hydrogen-bond acceptors (Lipinski definition) is 3. The zero-order valence-electron chi connectivity index (χ0n) is 9.37. The van der Waals surface area contributed by atoms with Gasteiger partial charge in [0.15, 0.2) is 0 Å². The largest absolute Gasteiger partial charge is 0.465 e. The molecule has 0 amide bonds. The molecule has 0 aliphatic carbocycles. The van der Waals surface area contributed by atoms with Crippen molar-refractivity contribution < 1.29 is 9.53 Å². The molecule has 16 heavy (non-hydrogen) atoms. The summed E-state index contributed by atoms with van der Waals surface area (Å²) in [6.07, 6.45) is 1.89. The number of hydrogen-bond donors (Lipinski definition) is 0. The van der Waals surface area contributed by atoms with E-state index in [4.69, 9.17) is 4.74 Å². The summed E-state index contributed by atoms with van der Waals surface area (Å²) in [6, 6.07) is 3.70. The van der Waals surface area contributed by atoms with Crippen molar-refractivity contribution in [1.82, 2.24) is 0 Å². The van der Waals surface area contributed by atoms with Crippen molar-refractivity contribution in [3.05, 3.63) is 27.7 Å². The summed E-state index contributed by atoms with van der Waals surface area (Å²) in [5.41, 5.74) is 2.39. The summed E-state index contributed by atoms with van der Waals surface area (Å²) in [7, 11) is 1.37. The van der Waals surface area contributed by atoms with Gasteiger partial charge in [-0.2, -0.15) is 0 Å². The van der Waals surface area contributed by atoms with Gasteiger partial charge in [0.2, 0.25) is 0 Å². The number of carbonyl (C=O) groups is 1. The molecule has 0 N–H and O–H groups in total. The quantitative estimate of drug-likeness (QED) is 0.742. The summed E-state index contributed by atoms with van der Waals surface area (Å²) in [4.78, 5) is 15.8. The molecule has 0 unspecified atom stereocenters. The molecule has 0 fully saturated rings. The van der Waals surface area contributed by atoms with Crippen LogP contribution < -0.4 is 0 Å². The molecule has 84 valence electrons. The smallest absolute Gasteiger partial charge is 0.339 e. The molecule has 4 heteroatoms. The molecule has 0 saturated carbocycles. The third-order valence-corrected chi connectivity index (χ3v) is 3.37. The Kier molecular flexibility index (Phi) is 2.62. The van der Waals surface area contributed by atoms with Crippen LogP contribution in [-0.4, -0.2) is 19.3 Å². The van der Waals surface area contributed by atoms with Crippen molar-refractivity contribution >= 4 is 33.8 Å². The van der Waals surface area contributed by atoms with E-state index in [0.717, 1.165) is 15.7 Å². The van der Waals surface area contributed by atoms with Gasteiger partial charge in [0.1, 0.15) is 0 Å². The Labute approximate surface area is 103 Å². The van der Waals surface area contributed by atoms with Gasteiger partial charge < -0.3 is 4.74 Å². The Hall–Kier alpha value is -1.16. The summed E-state index contributed by atoms with van der Waals surface area (Å²) < 4.78 is 5.45. The van der Waals surface area contributed by atoms with Crippen LogP contribution in [0.1, 0.15) is 29.8 Å². The first-order chi connectivity index (χ1) is 7.45. The topological polar surface area (TPSA) is 38.7 Å². The van der Waals surface area contributed by atoms with E-state index in [-0.39, 0.29) is 11.4 Å². The van der Waals surface area contributed by atoms with E-state index < -0.39 is 0 Å². The van der Waals surface area contributed by atoms with Crippen LogP contribution in [0.4, 0.5) is 5.69 Å². The van der Waals surface area contributed by atoms with Crippen LogP contribution in [-0.2, 0) is 10.2 Å². The van der Waals surface area contributed by atoms with E-state index in [2.05, 4.69) is 34.8 Å². The maximum atomic E-state index is 11.5. The molecule has 1 aromatic carbocycles. The Morgan fingerprint density at radius 1 is 1.44 bits per heavy atom. The predicted octanol–water partition coefficient (Wildman–Crippen LogP) is 3.23. The Bertz CT molecular complexity index is 492. The summed E-state index contributed by atoms with van der Waals surface area (Å²) in [6.45, 7) is 4.18. The highest BCUT2D eigenvalue weighted by Gasteiger charge is 2.28. The van der Waals surface area contributed by atoms with E-state index in [1.165, 1.54) is 7.11 Å². The van der Waals surface area contributed by atoms with Crippen LogP contribution in [0.25, 0.3) is 0 Å². The van der Waals surface area contributed by atoms with E-state index in [1.54, 1.807) is 6.07 Å². The molecule has 0 aromatic heterocycles. The van der Waals surface area contributed by atoms with Crippen LogP contribution in [0, 0.1) is 0 Å². The molecular weight excluding hydrogens is 270 g/mol. The molecule has 1 heterocycles. The molecular formula is C12H12BrNO2. The number of carbonyl (C=O) groups excluding carboxylic acids is 1. The minimum Gasteiger partial charge on any atom is -0.465 e. The lowest BCUT2D eigenvalue weighted by atomic mass is 9.87. The number of fused-ring (bicyclic) bond motifs is 1. The van der Waals surface area contributed by atoms with E-state index in [9.17, 15) is 4.79 Å². The minimum absolute atomic E-state index is 0.0769. The fourth-order valence-corrected chi connectivity index (χ4v) is 2.26. The zero-order valence-corrected chi connectivity index (χ0v) is 11.0. The highest BCUT2D eigenvalue weighted by atomic mass is 79.9. The molecule has 0 atom stereocenters. The van der Waals surface area contributed by atoms with Crippen molar-refractivity contribution in [2.45, 2.75) is 19.3 Å². The molecule has 2 rings (SSSR count). The zero-order chi connectivity index (χ0) is 11.9. The Morgan fingerprint density at radius 2 is 2.12 bits per heavy atom. The van der Waals surface area contributed by atoms with Crippen LogP contribution in [0.2, 0.25) is 0 Å². The van der Waals surface area contributed by atoms with Gasteiger partial charge in [-0.25, -0.2) is 4.79 Å². The highest BCUT2D eigenvalue weighted by molar-refractivity contribution is 9.10. The number of methoxy groups -OCH3 is 1. The van der Waals surface area contributed by atoms with Gasteiger partial charge in [-0.05, 0) is 33.6 Å². The standard InChI is InChI=1S/C12H12BrNO2/c1-12(2)6-14-10-4-7(11(15)16-3)9(13)5-8(10)12/h4-6H,1-3H3. The molecule has 1 aliphatic heterocycles. The normalized spacial score (nSPS) is 16.0. The van der Waals surface area contributed by atoms with Crippen LogP contribution >= 0.6 is 15.9 Å². The monoisotopic (exact) mass is 281 g/mol. The Balaban J connectivity index is 2.57. The van der Waals surface area contributed by atoms with Crippen LogP contribution in [0.3, 0.4) is 0 Å². The second-order valence-electron chi connectivity index (χ2n) is 4.32. The maximum Gasteiger partial charge on any atom is 0.339 e. The van der Waals surface area contributed by atoms with Crippen molar-refractivity contribution in [3.8, 4) is 0 Å². The average Bonchev–Trinajstić information content (AvgIpc) is 2.53. The molecule has 0 spiro atoms. The van der Waals surface area contributed by atoms with Crippen molar-refractivity contribution in [2.24, 2.45) is 4.99 Å². The fraction of sp³-hybridized carbons (Fsp3) is 0.333. The SMILES string of the molecule is COC(=O)c1cc2c(cc1Br)C(C)(C)C=N2. The van der Waals surface area contributed by atoms with Gasteiger partial charge in [0.25, 0.3) is 0 Å². The molecule has 3 nitrogen and oxygen atoms in total. The second kappa shape index (κ2) is 3.70. The van der Waals surface area contributed by atoms with Crippen molar-refractivity contribution in [1.29, 1.82) is 0 Å². The highest BCUT2D eigenvalue weighted by Crippen LogP contribution is 2.39. The lowest BCUT2D eigenvalue weighted by Crippen LogP contribution is -2.15. The first kappa shape index (κ1) is 11.3. The summed E-state index contributed by atoms with van der Waals surface area (Å²) >= 11 is 3.39. The lowest BCUT2D eigenvalue weighted by molar-refractivity contribution is 0.0599. The van der Waals surface area contributed by atoms with Crippen LogP contribution in [0.15, 0.2) is 21.6 Å². The predicted molar refractivity (Wildman–Crippen MR) is 66.7 cm³/mol. The van der Waals surface area contributed by atoms with Gasteiger partial charge in [0.05, 0.1) is 18.4 Å². The van der Waals surface area contributed by atoms with Gasteiger partial charge in [-0.1, -0.05) is 13.8 Å². The molecule has 1 aliphatic rings. The number of ether oxygens (including phenoxy) is 1. The number of nitrogens with zero attached hydrogens (tertiary/aromatic N) is 1. The third kappa shape index (κ3) is 1.67. The number of benzene rings is 1. The van der Waals surface area contributed by atoms with E-state index in [0.29, 0.717) is 5.56 Å². The molecule has 0 saturated heterocycles. The van der Waals surface area contributed by atoms with Crippen molar-refractivity contribution in [2.75, 3.05) is 7.11 Å². The summed E-state index contributed by atoms with van der Waals surface area (Å²) in [5.74, 6) is -0.352. The first-order valence-corrected chi connectivity index (χ1v) is 5.72. The number of rotatable bonds is 1. The minimum atomic E-state index is -0.352. The average molecular weight is 282 g/mol. The van der Waals surface area contributed by atoms with Gasteiger partial charge in [-0.3, -0.25) is 4.99 Å². The van der Waals surface area contributed by atoms with E-state index >= 15 is 0 Å². The molecule has 0 radical (unpaired) electrons. The van der Waals surface area contributed by atoms with Gasteiger partial charge in [0, 0.05) is 16.1 Å². The number of aliphatic imine (C=N–C) groups is 1. The number of esters is 1. The Morgan fingerprint density at radius 3 is 2.75 bits per heavy atom. The van der Waals surface area contributed by atoms with Crippen molar-refractivity contribution in [3.63, 3.8) is 0 Å². The second-order valence-corrected chi connectivity index (χ2v) is 5.18. The lowest BCUT2D eigenvalue weighted by Gasteiger charge is -2.16. The van der Waals surface area contributed by atoms with Gasteiger partial charge >= 0.3 is 5.97 Å². The molecule has 0 bridgehead atoms. The van der Waals surface area contributed by atoms with Gasteiger partial charge in [-0.15, -0.1) is 0 Å². The first-order valence-electron chi connectivity index (χ1n) is 4.93. The maximum absolute atomic E-state index is 11.5.